The first-order valence-corrected chi connectivity index (χ1v) is 10.4. The van der Waals surface area contributed by atoms with Gasteiger partial charge in [0.25, 0.3) is 5.56 Å². The SMILES string of the molecule is CCn1c(=O)c2ccccc2n(CC(=O)OCc2c(C#N)c(C)nn2-c2ccccc2)c1=O. The zero-order chi connectivity index (χ0) is 23.5. The molecule has 9 nitrogen and oxygen atoms in total. The number of aromatic nitrogens is 4. The van der Waals surface area contributed by atoms with Crippen LogP contribution in [0.5, 0.6) is 0 Å². The van der Waals surface area contributed by atoms with Crippen molar-refractivity contribution >= 4 is 16.9 Å². The highest BCUT2D eigenvalue weighted by molar-refractivity contribution is 5.80. The number of carbonyl (C=O) groups excluding carboxylic acids is 1. The molecule has 0 N–H and O–H groups in total. The van der Waals surface area contributed by atoms with Crippen LogP contribution >= 0.6 is 0 Å². The van der Waals surface area contributed by atoms with Crippen LogP contribution in [-0.4, -0.2) is 24.9 Å². The Morgan fingerprint density at radius 1 is 1.06 bits per heavy atom. The minimum atomic E-state index is -0.675. The largest absolute Gasteiger partial charge is 0.458 e. The Bertz CT molecular complexity index is 1510. The Morgan fingerprint density at radius 2 is 1.76 bits per heavy atom. The Hall–Kier alpha value is -4.45. The lowest BCUT2D eigenvalue weighted by molar-refractivity contribution is -0.145. The van der Waals surface area contributed by atoms with Gasteiger partial charge >= 0.3 is 11.7 Å². The Morgan fingerprint density at radius 3 is 2.45 bits per heavy atom. The average molecular weight is 443 g/mol. The molecular weight excluding hydrogens is 422 g/mol. The van der Waals surface area contributed by atoms with E-state index in [4.69, 9.17) is 4.74 Å². The molecule has 0 saturated carbocycles. The van der Waals surface area contributed by atoms with Crippen molar-refractivity contribution in [1.82, 2.24) is 18.9 Å². The van der Waals surface area contributed by atoms with Crippen LogP contribution in [-0.2, 0) is 29.2 Å². The van der Waals surface area contributed by atoms with Crippen LogP contribution in [0.1, 0.15) is 23.9 Å². The number of hydrogen-bond donors (Lipinski definition) is 0. The minimum Gasteiger partial charge on any atom is -0.458 e. The first-order valence-electron chi connectivity index (χ1n) is 10.4. The predicted molar refractivity (Wildman–Crippen MR) is 121 cm³/mol. The number of ether oxygens (including phenoxy) is 1. The summed E-state index contributed by atoms with van der Waals surface area (Å²) in [6.07, 6.45) is 0. The van der Waals surface area contributed by atoms with E-state index in [9.17, 15) is 19.6 Å². The highest BCUT2D eigenvalue weighted by Crippen LogP contribution is 2.19. The summed E-state index contributed by atoms with van der Waals surface area (Å²) in [5, 5.41) is 14.3. The number of rotatable bonds is 6. The summed E-state index contributed by atoms with van der Waals surface area (Å²) in [7, 11) is 0. The summed E-state index contributed by atoms with van der Waals surface area (Å²) in [6.45, 7) is 3.01. The van der Waals surface area contributed by atoms with Crippen molar-refractivity contribution in [2.45, 2.75) is 33.5 Å². The number of aryl methyl sites for hydroxylation is 1. The summed E-state index contributed by atoms with van der Waals surface area (Å²) in [5.41, 5.74) is 1.38. The van der Waals surface area contributed by atoms with Crippen molar-refractivity contribution in [2.75, 3.05) is 0 Å². The number of fused-ring (bicyclic) bond motifs is 1. The fraction of sp³-hybridized carbons (Fsp3) is 0.208. The van der Waals surface area contributed by atoms with E-state index >= 15 is 0 Å². The molecule has 9 heteroatoms. The third-order valence-corrected chi connectivity index (χ3v) is 5.37. The van der Waals surface area contributed by atoms with Crippen LogP contribution in [0.3, 0.4) is 0 Å². The third kappa shape index (κ3) is 3.94. The topological polar surface area (TPSA) is 112 Å². The van der Waals surface area contributed by atoms with Crippen molar-refractivity contribution in [3.05, 3.63) is 92.4 Å². The monoisotopic (exact) mass is 443 g/mol. The van der Waals surface area contributed by atoms with Gasteiger partial charge in [0.05, 0.1) is 28.0 Å². The number of benzene rings is 2. The Balaban J connectivity index is 1.65. The molecule has 0 radical (unpaired) electrons. The van der Waals surface area contributed by atoms with Crippen molar-refractivity contribution in [1.29, 1.82) is 5.26 Å². The van der Waals surface area contributed by atoms with Crippen molar-refractivity contribution in [3.8, 4) is 11.8 Å². The normalized spacial score (nSPS) is 10.8. The summed E-state index contributed by atoms with van der Waals surface area (Å²) < 4.78 is 9.34. The maximum atomic E-state index is 12.8. The van der Waals surface area contributed by atoms with E-state index in [1.807, 2.05) is 30.3 Å². The Kier molecular flexibility index (Phi) is 5.91. The lowest BCUT2D eigenvalue weighted by Gasteiger charge is -2.13. The standard InChI is InChI=1S/C24H21N5O4/c1-3-27-23(31)18-11-7-8-12-20(18)28(24(27)32)14-22(30)33-15-21-19(13-25)16(2)26-29(21)17-9-5-4-6-10-17/h4-12H,3,14-15H2,1-2H3. The van der Waals surface area contributed by atoms with Gasteiger partial charge < -0.3 is 4.74 Å². The summed E-state index contributed by atoms with van der Waals surface area (Å²) in [6, 6.07) is 18.0. The molecule has 2 aromatic heterocycles. The number of carbonyl (C=O) groups is 1. The number of nitriles is 1. The van der Waals surface area contributed by atoms with Crippen LogP contribution in [0.25, 0.3) is 16.6 Å². The third-order valence-electron chi connectivity index (χ3n) is 5.37. The van der Waals surface area contributed by atoms with E-state index in [1.54, 1.807) is 42.8 Å². The second-order valence-electron chi connectivity index (χ2n) is 7.36. The summed E-state index contributed by atoms with van der Waals surface area (Å²) >= 11 is 0. The molecule has 0 aliphatic carbocycles. The molecule has 33 heavy (non-hydrogen) atoms. The highest BCUT2D eigenvalue weighted by atomic mass is 16.5. The highest BCUT2D eigenvalue weighted by Gasteiger charge is 2.19. The minimum absolute atomic E-state index is 0.179. The van der Waals surface area contributed by atoms with Gasteiger partial charge in [-0.1, -0.05) is 30.3 Å². The molecule has 0 aliphatic heterocycles. The molecule has 0 saturated heterocycles. The molecule has 0 unspecified atom stereocenters. The molecule has 0 aliphatic rings. The smallest absolute Gasteiger partial charge is 0.332 e. The van der Waals surface area contributed by atoms with E-state index in [2.05, 4.69) is 11.2 Å². The fourth-order valence-electron chi connectivity index (χ4n) is 3.76. The van der Waals surface area contributed by atoms with Crippen LogP contribution in [0.15, 0.2) is 64.2 Å². The molecule has 166 valence electrons. The maximum Gasteiger partial charge on any atom is 0.332 e. The molecule has 4 aromatic rings. The zero-order valence-corrected chi connectivity index (χ0v) is 18.2. The summed E-state index contributed by atoms with van der Waals surface area (Å²) in [4.78, 5) is 38.2. The first-order chi connectivity index (χ1) is 16.0. The van der Waals surface area contributed by atoms with E-state index in [1.165, 1.54) is 4.57 Å². The van der Waals surface area contributed by atoms with Crippen LogP contribution in [0.4, 0.5) is 0 Å². The fourth-order valence-corrected chi connectivity index (χ4v) is 3.76. The lowest BCUT2D eigenvalue weighted by Crippen LogP contribution is -2.40. The molecule has 0 spiro atoms. The van der Waals surface area contributed by atoms with Crippen LogP contribution < -0.4 is 11.2 Å². The number of esters is 1. The maximum absolute atomic E-state index is 12.8. The van der Waals surface area contributed by atoms with Crippen molar-refractivity contribution in [3.63, 3.8) is 0 Å². The zero-order valence-electron chi connectivity index (χ0n) is 18.2. The first kappa shape index (κ1) is 21.8. The van der Waals surface area contributed by atoms with Gasteiger partial charge in [-0.05, 0) is 38.1 Å². The van der Waals surface area contributed by atoms with Gasteiger partial charge in [0.15, 0.2) is 0 Å². The van der Waals surface area contributed by atoms with E-state index in [-0.39, 0.29) is 19.7 Å². The number of para-hydroxylation sites is 2. The molecule has 2 heterocycles. The van der Waals surface area contributed by atoms with Crippen molar-refractivity contribution in [2.24, 2.45) is 0 Å². The molecule has 0 atom stereocenters. The Labute approximate surface area is 188 Å². The van der Waals surface area contributed by atoms with Gasteiger partial charge in [0.1, 0.15) is 24.8 Å². The summed E-state index contributed by atoms with van der Waals surface area (Å²) in [5.74, 6) is -0.675. The van der Waals surface area contributed by atoms with Crippen molar-refractivity contribution < 1.29 is 9.53 Å². The molecule has 0 fully saturated rings. The molecule has 2 aromatic carbocycles. The van der Waals surface area contributed by atoms with Gasteiger partial charge in [-0.25, -0.2) is 9.48 Å². The van der Waals surface area contributed by atoms with E-state index < -0.39 is 17.2 Å². The number of nitrogens with zero attached hydrogens (tertiary/aromatic N) is 5. The van der Waals surface area contributed by atoms with E-state index in [0.717, 1.165) is 10.3 Å². The van der Waals surface area contributed by atoms with Gasteiger partial charge in [0, 0.05) is 6.54 Å². The van der Waals surface area contributed by atoms with E-state index in [0.29, 0.717) is 27.9 Å². The quantitative estimate of drug-likeness (QED) is 0.423. The van der Waals surface area contributed by atoms with Gasteiger partial charge in [-0.2, -0.15) is 10.4 Å². The second-order valence-corrected chi connectivity index (χ2v) is 7.36. The van der Waals surface area contributed by atoms with Gasteiger partial charge in [0.2, 0.25) is 0 Å². The molecular formula is C24H21N5O4. The van der Waals surface area contributed by atoms with Crippen LogP contribution in [0, 0.1) is 18.3 Å². The molecule has 0 bridgehead atoms. The average Bonchev–Trinajstić information content (AvgIpc) is 3.16. The van der Waals surface area contributed by atoms with Crippen LogP contribution in [0.2, 0.25) is 0 Å². The van der Waals surface area contributed by atoms with Gasteiger partial charge in [-0.15, -0.1) is 0 Å². The molecule has 4 rings (SSSR count). The second kappa shape index (κ2) is 8.96. The van der Waals surface area contributed by atoms with Gasteiger partial charge in [-0.3, -0.25) is 18.7 Å². The predicted octanol–water partition coefficient (Wildman–Crippen LogP) is 2.29. The molecule has 0 amide bonds. The number of hydrogen-bond acceptors (Lipinski definition) is 6. The lowest BCUT2D eigenvalue weighted by atomic mass is 10.2.